The van der Waals surface area contributed by atoms with Crippen LogP contribution in [0.1, 0.15) is 12.8 Å². The Balaban J connectivity index is 1.23. The Morgan fingerprint density at radius 3 is 2.74 bits per heavy atom. The van der Waals surface area contributed by atoms with E-state index < -0.39 is 9.84 Å². The maximum atomic E-state index is 12.5. The van der Waals surface area contributed by atoms with Crippen molar-refractivity contribution in [1.82, 2.24) is 19.7 Å². The Kier molecular flexibility index (Phi) is 5.53. The first-order valence-corrected chi connectivity index (χ1v) is 12.5. The van der Waals surface area contributed by atoms with Crippen molar-refractivity contribution >= 4 is 38.9 Å². The molecule has 2 aromatic heterocycles. The highest BCUT2D eigenvalue weighted by Crippen LogP contribution is 2.36. The predicted octanol–water partition coefficient (Wildman–Crippen LogP) is 1.63. The van der Waals surface area contributed by atoms with Gasteiger partial charge in [-0.2, -0.15) is 10.1 Å². The molecule has 0 aromatic carbocycles. The van der Waals surface area contributed by atoms with Gasteiger partial charge in [0.15, 0.2) is 15.7 Å². The number of fused-ring (bicyclic) bond motifs is 1. The summed E-state index contributed by atoms with van der Waals surface area (Å²) in [4.78, 5) is 8.67. The number of anilines is 3. The van der Waals surface area contributed by atoms with Gasteiger partial charge in [-0.15, -0.1) is 0 Å². The first-order valence-electron chi connectivity index (χ1n) is 10.3. The van der Waals surface area contributed by atoms with Crippen LogP contribution < -0.4 is 10.6 Å². The number of sulfone groups is 1. The number of ether oxygens (including phenoxy) is 2. The lowest BCUT2D eigenvalue weighted by Gasteiger charge is -2.19. The van der Waals surface area contributed by atoms with Crippen molar-refractivity contribution in [2.75, 3.05) is 35.4 Å². The zero-order chi connectivity index (χ0) is 21.6. The molecule has 2 N–H and O–H groups in total. The van der Waals surface area contributed by atoms with Crippen LogP contribution in [0.4, 0.5) is 17.5 Å². The highest BCUT2D eigenvalue weighted by atomic mass is 35.5. The molecule has 10 nitrogen and oxygen atoms in total. The first-order chi connectivity index (χ1) is 14.9. The molecule has 2 saturated heterocycles. The molecular formula is C19H25ClN6O4S. The molecule has 2 aromatic rings. The second-order valence-electron chi connectivity index (χ2n) is 8.54. The fourth-order valence-corrected chi connectivity index (χ4v) is 6.47. The second-order valence-corrected chi connectivity index (χ2v) is 11.1. The molecule has 12 heteroatoms. The molecule has 0 amide bonds. The van der Waals surface area contributed by atoms with Crippen LogP contribution in [-0.4, -0.2) is 71.1 Å². The lowest BCUT2D eigenvalue weighted by Crippen LogP contribution is -2.36. The van der Waals surface area contributed by atoms with Gasteiger partial charge in [0.25, 0.3) is 0 Å². The second kappa shape index (κ2) is 8.19. The van der Waals surface area contributed by atoms with Gasteiger partial charge < -0.3 is 20.1 Å². The number of aryl methyl sites for hydroxylation is 1. The van der Waals surface area contributed by atoms with Crippen molar-refractivity contribution in [2.45, 2.75) is 31.1 Å². The maximum Gasteiger partial charge on any atom is 0.229 e. The first kappa shape index (κ1) is 20.9. The van der Waals surface area contributed by atoms with E-state index in [4.69, 9.17) is 21.1 Å². The summed E-state index contributed by atoms with van der Waals surface area (Å²) in [7, 11) is -1.27. The fourth-order valence-electron chi connectivity index (χ4n) is 4.20. The molecule has 0 radical (unpaired) electrons. The Hall–Kier alpha value is -1.95. The van der Waals surface area contributed by atoms with E-state index in [-0.39, 0.29) is 35.7 Å². The van der Waals surface area contributed by atoms with E-state index in [1.807, 2.05) is 13.2 Å². The maximum absolute atomic E-state index is 12.5. The van der Waals surface area contributed by atoms with Gasteiger partial charge in [0, 0.05) is 19.2 Å². The van der Waals surface area contributed by atoms with E-state index in [1.54, 1.807) is 10.9 Å². The summed E-state index contributed by atoms with van der Waals surface area (Å²) in [5.74, 6) is 1.44. The summed E-state index contributed by atoms with van der Waals surface area (Å²) in [6, 6.07) is -0.181. The number of hydrogen-bond donors (Lipinski definition) is 2. The molecule has 4 atom stereocenters. The molecule has 168 valence electrons. The minimum Gasteiger partial charge on any atom is -0.373 e. The van der Waals surface area contributed by atoms with E-state index in [9.17, 15) is 8.42 Å². The lowest BCUT2D eigenvalue weighted by atomic mass is 10.0. The molecule has 2 aliphatic heterocycles. The summed E-state index contributed by atoms with van der Waals surface area (Å²) in [6.45, 7) is 0.767. The Morgan fingerprint density at radius 2 is 2.00 bits per heavy atom. The average Bonchev–Trinajstić information content (AvgIpc) is 3.08. The molecule has 0 bridgehead atoms. The molecule has 31 heavy (non-hydrogen) atoms. The fraction of sp³-hybridized carbons (Fsp3) is 0.632. The Labute approximate surface area is 185 Å². The van der Waals surface area contributed by atoms with Crippen LogP contribution in [0.15, 0.2) is 18.6 Å². The standard InChI is InChI=1S/C19H25ClN6O4S/c1-26-6-13(4-22-26)23-19-21-5-14(20)18(25-19)24-15-8-30-16-12(7-29-17(15)16)10-31(27,28)9-11-2-3-11/h4-6,11-12,15-17H,2-3,7-10H2,1H3,(H2,21,23,24,25). The van der Waals surface area contributed by atoms with Crippen molar-refractivity contribution < 1.29 is 17.9 Å². The third-order valence-corrected chi connectivity index (χ3v) is 8.03. The number of nitrogens with zero attached hydrogens (tertiary/aromatic N) is 4. The summed E-state index contributed by atoms with van der Waals surface area (Å²) in [6.07, 6.45) is 6.54. The Bertz CT molecular complexity index is 1060. The topological polar surface area (TPSA) is 120 Å². The molecule has 4 unspecified atom stereocenters. The SMILES string of the molecule is Cn1cc(Nc2ncc(Cl)c(NC3COC4C(CS(=O)(=O)CC5CC5)COC34)n2)cn1. The smallest absolute Gasteiger partial charge is 0.229 e. The van der Waals surface area contributed by atoms with Gasteiger partial charge in [-0.05, 0) is 18.8 Å². The minimum absolute atomic E-state index is 0.116. The number of halogens is 1. The van der Waals surface area contributed by atoms with Gasteiger partial charge in [0.05, 0.1) is 54.9 Å². The summed E-state index contributed by atoms with van der Waals surface area (Å²) < 4.78 is 38.5. The van der Waals surface area contributed by atoms with Crippen LogP contribution in [0.5, 0.6) is 0 Å². The quantitative estimate of drug-likeness (QED) is 0.595. The van der Waals surface area contributed by atoms with Gasteiger partial charge in [0.1, 0.15) is 11.1 Å². The monoisotopic (exact) mass is 468 g/mol. The van der Waals surface area contributed by atoms with E-state index in [0.29, 0.717) is 35.9 Å². The molecule has 4 heterocycles. The molecule has 3 aliphatic rings. The number of hydrogen-bond acceptors (Lipinski definition) is 9. The van der Waals surface area contributed by atoms with Gasteiger partial charge >= 0.3 is 0 Å². The third-order valence-electron chi connectivity index (χ3n) is 5.84. The summed E-state index contributed by atoms with van der Waals surface area (Å²) in [5.41, 5.74) is 0.759. The number of rotatable bonds is 8. The lowest BCUT2D eigenvalue weighted by molar-refractivity contribution is 0.0656. The highest BCUT2D eigenvalue weighted by Gasteiger charge is 2.49. The van der Waals surface area contributed by atoms with Crippen LogP contribution in [0, 0.1) is 11.8 Å². The number of nitrogens with one attached hydrogen (secondary N) is 2. The summed E-state index contributed by atoms with van der Waals surface area (Å²) >= 11 is 6.30. The molecule has 0 spiro atoms. The van der Waals surface area contributed by atoms with E-state index in [1.165, 1.54) is 6.20 Å². The van der Waals surface area contributed by atoms with Crippen LogP contribution in [0.2, 0.25) is 5.02 Å². The van der Waals surface area contributed by atoms with Gasteiger partial charge in [0.2, 0.25) is 5.95 Å². The molecule has 1 saturated carbocycles. The molecule has 3 fully saturated rings. The number of aromatic nitrogens is 4. The molecule has 1 aliphatic carbocycles. The van der Waals surface area contributed by atoms with Crippen molar-refractivity contribution in [3.8, 4) is 0 Å². The van der Waals surface area contributed by atoms with Gasteiger partial charge in [-0.1, -0.05) is 11.6 Å². The van der Waals surface area contributed by atoms with Crippen molar-refractivity contribution in [1.29, 1.82) is 0 Å². The normalized spacial score (nSPS) is 27.9. The van der Waals surface area contributed by atoms with Crippen molar-refractivity contribution in [3.05, 3.63) is 23.6 Å². The molecule has 5 rings (SSSR count). The Morgan fingerprint density at radius 1 is 1.19 bits per heavy atom. The predicted molar refractivity (Wildman–Crippen MR) is 115 cm³/mol. The van der Waals surface area contributed by atoms with E-state index in [0.717, 1.165) is 18.5 Å². The van der Waals surface area contributed by atoms with Crippen LogP contribution in [0.25, 0.3) is 0 Å². The minimum atomic E-state index is -3.09. The summed E-state index contributed by atoms with van der Waals surface area (Å²) in [5, 5.41) is 10.9. The highest BCUT2D eigenvalue weighted by molar-refractivity contribution is 7.91. The van der Waals surface area contributed by atoms with Crippen LogP contribution in [0.3, 0.4) is 0 Å². The zero-order valence-corrected chi connectivity index (χ0v) is 18.6. The zero-order valence-electron chi connectivity index (χ0n) is 17.1. The largest absolute Gasteiger partial charge is 0.373 e. The molecular weight excluding hydrogens is 444 g/mol. The van der Waals surface area contributed by atoms with Gasteiger partial charge in [-0.3, -0.25) is 4.68 Å². The van der Waals surface area contributed by atoms with Gasteiger partial charge in [-0.25, -0.2) is 13.4 Å². The third kappa shape index (κ3) is 4.79. The van der Waals surface area contributed by atoms with E-state index >= 15 is 0 Å². The van der Waals surface area contributed by atoms with Crippen LogP contribution >= 0.6 is 11.6 Å². The van der Waals surface area contributed by atoms with Crippen LogP contribution in [-0.2, 0) is 26.4 Å². The van der Waals surface area contributed by atoms with Crippen molar-refractivity contribution in [2.24, 2.45) is 18.9 Å². The van der Waals surface area contributed by atoms with Crippen molar-refractivity contribution in [3.63, 3.8) is 0 Å². The van der Waals surface area contributed by atoms with E-state index in [2.05, 4.69) is 25.7 Å². The average molecular weight is 469 g/mol.